The summed E-state index contributed by atoms with van der Waals surface area (Å²) >= 11 is 1.21. The molecule has 0 fully saturated rings. The van der Waals surface area contributed by atoms with Crippen LogP contribution in [0.25, 0.3) is 0 Å². The minimum absolute atomic E-state index is 0.205. The van der Waals surface area contributed by atoms with E-state index in [1.807, 2.05) is 0 Å². The molecule has 0 saturated heterocycles. The zero-order valence-corrected chi connectivity index (χ0v) is 9.13. The Hall–Kier alpha value is -1.84. The average molecular weight is 238 g/mol. The number of rotatable bonds is 3. The molecule has 0 aliphatic rings. The fraction of sp³-hybridized carbons (Fsp3) is 0.200. The van der Waals surface area contributed by atoms with Crippen molar-refractivity contribution in [3.05, 3.63) is 21.9 Å². The second-order valence-corrected chi connectivity index (χ2v) is 3.69. The topological polar surface area (TPSA) is 92.4 Å². The molecular weight excluding hydrogens is 228 g/mol. The predicted octanol–water partition coefficient (Wildman–Crippen LogP) is -0.693. The summed E-state index contributed by atoms with van der Waals surface area (Å²) in [5, 5.41) is 12.6. The molecule has 6 heteroatoms. The maximum atomic E-state index is 11.6. The quantitative estimate of drug-likeness (QED) is 0.608. The molecule has 5 nitrogen and oxygen atoms in total. The van der Waals surface area contributed by atoms with E-state index in [0.29, 0.717) is 10.4 Å². The van der Waals surface area contributed by atoms with E-state index < -0.39 is 11.8 Å². The van der Waals surface area contributed by atoms with Gasteiger partial charge >= 0.3 is 0 Å². The van der Waals surface area contributed by atoms with Crippen LogP contribution in [0.15, 0.2) is 11.4 Å². The summed E-state index contributed by atoms with van der Waals surface area (Å²) in [6.45, 7) is -0.470. The van der Waals surface area contributed by atoms with Crippen molar-refractivity contribution < 1.29 is 14.7 Å². The van der Waals surface area contributed by atoms with Crippen LogP contribution in [0.4, 0.5) is 0 Å². The van der Waals surface area contributed by atoms with Crippen molar-refractivity contribution in [3.8, 4) is 11.8 Å². The summed E-state index contributed by atoms with van der Waals surface area (Å²) in [6, 6.07) is 1.67. The molecule has 1 aromatic heterocycles. The van der Waals surface area contributed by atoms with Crippen molar-refractivity contribution in [1.29, 1.82) is 0 Å². The van der Waals surface area contributed by atoms with Gasteiger partial charge in [0.1, 0.15) is 11.5 Å². The second kappa shape index (κ2) is 5.90. The van der Waals surface area contributed by atoms with Gasteiger partial charge in [-0.05, 0) is 11.4 Å². The summed E-state index contributed by atoms with van der Waals surface area (Å²) < 4.78 is 0. The number of hydrogen-bond acceptors (Lipinski definition) is 4. The van der Waals surface area contributed by atoms with Crippen LogP contribution in [0.2, 0.25) is 0 Å². The fourth-order valence-corrected chi connectivity index (χ4v) is 1.73. The third-order valence-corrected chi connectivity index (χ3v) is 2.51. The lowest BCUT2D eigenvalue weighted by Crippen LogP contribution is -2.33. The highest BCUT2D eigenvalue weighted by atomic mass is 32.1. The maximum Gasteiger partial charge on any atom is 0.263 e. The minimum atomic E-state index is -0.604. The van der Waals surface area contributed by atoms with E-state index in [0.717, 1.165) is 0 Å². The van der Waals surface area contributed by atoms with Crippen LogP contribution < -0.4 is 11.1 Å². The molecule has 0 aliphatic heterocycles. The Kier molecular flexibility index (Phi) is 4.51. The SMILES string of the molecule is NC(=O)CNC(=O)c1sccc1C#CCO. The van der Waals surface area contributed by atoms with Crippen molar-refractivity contribution in [2.75, 3.05) is 13.2 Å². The number of hydrogen-bond donors (Lipinski definition) is 3. The lowest BCUT2D eigenvalue weighted by atomic mass is 10.2. The van der Waals surface area contributed by atoms with Gasteiger partial charge in [0.2, 0.25) is 5.91 Å². The van der Waals surface area contributed by atoms with Crippen LogP contribution in [-0.2, 0) is 4.79 Å². The van der Waals surface area contributed by atoms with Gasteiger partial charge in [-0.3, -0.25) is 9.59 Å². The summed E-state index contributed by atoms with van der Waals surface area (Å²) in [5.74, 6) is 4.10. The Bertz CT molecular complexity index is 456. The number of amides is 2. The summed E-state index contributed by atoms with van der Waals surface area (Å²) in [6.07, 6.45) is 0. The number of carbonyl (C=O) groups is 2. The smallest absolute Gasteiger partial charge is 0.263 e. The van der Waals surface area contributed by atoms with Gasteiger partial charge in [0, 0.05) is 5.56 Å². The average Bonchev–Trinajstić information content (AvgIpc) is 2.71. The number of carbonyl (C=O) groups excluding carboxylic acids is 2. The van der Waals surface area contributed by atoms with E-state index in [9.17, 15) is 9.59 Å². The van der Waals surface area contributed by atoms with Crippen LogP contribution in [-0.4, -0.2) is 30.1 Å². The molecule has 0 unspecified atom stereocenters. The van der Waals surface area contributed by atoms with Crippen molar-refractivity contribution in [3.63, 3.8) is 0 Å². The standard InChI is InChI=1S/C10H10N2O3S/c11-8(14)6-12-10(15)9-7(2-1-4-13)3-5-16-9/h3,5,13H,4,6H2,(H2,11,14)(H,12,15). The molecule has 2 amide bonds. The first kappa shape index (κ1) is 12.2. The van der Waals surface area contributed by atoms with E-state index in [4.69, 9.17) is 10.8 Å². The third kappa shape index (κ3) is 3.38. The highest BCUT2D eigenvalue weighted by Gasteiger charge is 2.11. The van der Waals surface area contributed by atoms with Crippen LogP contribution >= 0.6 is 11.3 Å². The summed E-state index contributed by atoms with van der Waals surface area (Å²) in [5.41, 5.74) is 5.43. The Labute approximate surface area is 96.3 Å². The Morgan fingerprint density at radius 2 is 2.31 bits per heavy atom. The Balaban J connectivity index is 2.75. The molecule has 0 aromatic carbocycles. The first-order valence-corrected chi connectivity index (χ1v) is 5.27. The molecular formula is C10H10N2O3S. The molecule has 84 valence electrons. The van der Waals surface area contributed by atoms with Gasteiger partial charge in [-0.1, -0.05) is 11.8 Å². The monoisotopic (exact) mass is 238 g/mol. The highest BCUT2D eigenvalue weighted by Crippen LogP contribution is 2.15. The van der Waals surface area contributed by atoms with Gasteiger partial charge in [-0.2, -0.15) is 0 Å². The fourth-order valence-electron chi connectivity index (χ4n) is 0.966. The summed E-state index contributed by atoms with van der Waals surface area (Å²) in [4.78, 5) is 22.4. The molecule has 1 aromatic rings. The lowest BCUT2D eigenvalue weighted by Gasteiger charge is -2.00. The first-order valence-electron chi connectivity index (χ1n) is 4.39. The molecule has 0 saturated carbocycles. The van der Waals surface area contributed by atoms with Crippen molar-refractivity contribution in [2.24, 2.45) is 5.73 Å². The molecule has 1 heterocycles. The maximum absolute atomic E-state index is 11.6. The van der Waals surface area contributed by atoms with E-state index in [1.165, 1.54) is 11.3 Å². The van der Waals surface area contributed by atoms with E-state index >= 15 is 0 Å². The predicted molar refractivity (Wildman–Crippen MR) is 59.8 cm³/mol. The molecule has 0 bridgehead atoms. The number of primary amides is 1. The molecule has 0 aliphatic carbocycles. The first-order chi connectivity index (χ1) is 7.65. The largest absolute Gasteiger partial charge is 0.384 e. The van der Waals surface area contributed by atoms with Crippen LogP contribution in [0.1, 0.15) is 15.2 Å². The lowest BCUT2D eigenvalue weighted by molar-refractivity contribution is -0.117. The van der Waals surface area contributed by atoms with Crippen molar-refractivity contribution >= 4 is 23.2 Å². The van der Waals surface area contributed by atoms with E-state index in [-0.39, 0.29) is 13.2 Å². The minimum Gasteiger partial charge on any atom is -0.384 e. The highest BCUT2D eigenvalue weighted by molar-refractivity contribution is 7.12. The summed E-state index contributed by atoms with van der Waals surface area (Å²) in [7, 11) is 0. The normalized spacial score (nSPS) is 9.06. The van der Waals surface area contributed by atoms with Crippen LogP contribution in [0.5, 0.6) is 0 Å². The number of aliphatic hydroxyl groups is 1. The van der Waals surface area contributed by atoms with E-state index in [2.05, 4.69) is 17.2 Å². The molecule has 0 atom stereocenters. The molecule has 0 spiro atoms. The zero-order valence-electron chi connectivity index (χ0n) is 8.32. The number of nitrogens with two attached hydrogens (primary N) is 1. The van der Waals surface area contributed by atoms with Gasteiger partial charge in [0.05, 0.1) is 6.54 Å². The van der Waals surface area contributed by atoms with Gasteiger partial charge in [0.15, 0.2) is 0 Å². The van der Waals surface area contributed by atoms with E-state index in [1.54, 1.807) is 11.4 Å². The molecule has 16 heavy (non-hydrogen) atoms. The second-order valence-electron chi connectivity index (χ2n) is 2.77. The zero-order chi connectivity index (χ0) is 12.0. The number of nitrogens with one attached hydrogen (secondary N) is 1. The molecule has 1 rings (SSSR count). The van der Waals surface area contributed by atoms with Gasteiger partial charge < -0.3 is 16.2 Å². The van der Waals surface area contributed by atoms with Gasteiger partial charge in [0.25, 0.3) is 5.91 Å². The van der Waals surface area contributed by atoms with Gasteiger partial charge in [-0.15, -0.1) is 11.3 Å². The van der Waals surface area contributed by atoms with Crippen LogP contribution in [0, 0.1) is 11.8 Å². The Morgan fingerprint density at radius 3 is 2.94 bits per heavy atom. The third-order valence-electron chi connectivity index (χ3n) is 1.60. The van der Waals surface area contributed by atoms with Crippen LogP contribution in [0.3, 0.4) is 0 Å². The van der Waals surface area contributed by atoms with Crippen molar-refractivity contribution in [1.82, 2.24) is 5.32 Å². The van der Waals surface area contributed by atoms with Gasteiger partial charge in [-0.25, -0.2) is 0 Å². The molecule has 4 N–H and O–H groups in total. The molecule has 0 radical (unpaired) electrons. The number of aliphatic hydroxyl groups excluding tert-OH is 1. The number of thiophene rings is 1. The Morgan fingerprint density at radius 1 is 1.56 bits per heavy atom. The van der Waals surface area contributed by atoms with Crippen molar-refractivity contribution in [2.45, 2.75) is 0 Å².